The van der Waals surface area contributed by atoms with Gasteiger partial charge in [-0.25, -0.2) is 0 Å². The van der Waals surface area contributed by atoms with Crippen molar-refractivity contribution in [1.82, 2.24) is 0 Å². The van der Waals surface area contributed by atoms with Gasteiger partial charge in [-0.1, -0.05) is 0 Å². The normalized spacial score (nSPS) is 35.2. The fraction of sp³-hybridized carbons (Fsp3) is 1.00. The van der Waals surface area contributed by atoms with Crippen LogP contribution in [-0.2, 0) is 4.74 Å². The molecule has 1 N–H and O–H groups in total. The van der Waals surface area contributed by atoms with E-state index in [-0.39, 0.29) is 0 Å². The van der Waals surface area contributed by atoms with Crippen LogP contribution in [0.2, 0.25) is 0 Å². The molecule has 8 heavy (non-hydrogen) atoms. The van der Waals surface area contributed by atoms with Crippen molar-refractivity contribution in [3.05, 3.63) is 0 Å². The van der Waals surface area contributed by atoms with Crippen molar-refractivity contribution in [3.8, 4) is 0 Å². The van der Waals surface area contributed by atoms with Gasteiger partial charge in [-0.15, -0.1) is 0 Å². The van der Waals surface area contributed by atoms with E-state index in [0.717, 1.165) is 13.0 Å². The lowest BCUT2D eigenvalue weighted by atomic mass is 10.5. The Morgan fingerprint density at radius 3 is 2.88 bits per heavy atom. The first-order chi connectivity index (χ1) is 3.88. The molecule has 1 aliphatic carbocycles. The zero-order valence-corrected chi connectivity index (χ0v) is 5.13. The van der Waals surface area contributed by atoms with Crippen molar-refractivity contribution in [2.45, 2.75) is 19.4 Å². The lowest BCUT2D eigenvalue weighted by molar-refractivity contribution is 0.110. The Labute approximate surface area is 49.5 Å². The topological polar surface area (TPSA) is 29.5 Å². The molecule has 1 aliphatic rings. The molecule has 0 aromatic heterocycles. The summed E-state index contributed by atoms with van der Waals surface area (Å²) in [6.07, 6.45) is 1.44. The lowest BCUT2D eigenvalue weighted by Gasteiger charge is -1.94. The van der Waals surface area contributed by atoms with Gasteiger partial charge in [0.2, 0.25) is 0 Å². The zero-order valence-electron chi connectivity index (χ0n) is 5.13. The number of rotatable bonds is 3. The van der Waals surface area contributed by atoms with Crippen LogP contribution in [0.15, 0.2) is 0 Å². The second kappa shape index (κ2) is 2.46. The number of aliphatic hydroxyl groups excluding tert-OH is 1. The number of hydrogen-bond acceptors (Lipinski definition) is 2. The van der Waals surface area contributed by atoms with E-state index >= 15 is 0 Å². The molecule has 0 radical (unpaired) electrons. The summed E-state index contributed by atoms with van der Waals surface area (Å²) in [7, 11) is 0. The molecule has 1 rings (SSSR count). The van der Waals surface area contributed by atoms with E-state index in [2.05, 4.69) is 0 Å². The SMILES string of the molecule is CCO[C@@H]1C[C@@H]1CO. The molecule has 0 amide bonds. The van der Waals surface area contributed by atoms with E-state index in [1.54, 1.807) is 0 Å². The van der Waals surface area contributed by atoms with Gasteiger partial charge in [0.15, 0.2) is 0 Å². The molecule has 0 saturated heterocycles. The van der Waals surface area contributed by atoms with Gasteiger partial charge in [-0.2, -0.15) is 0 Å². The Hall–Kier alpha value is -0.0800. The van der Waals surface area contributed by atoms with E-state index in [4.69, 9.17) is 9.84 Å². The highest BCUT2D eigenvalue weighted by Crippen LogP contribution is 2.32. The van der Waals surface area contributed by atoms with Crippen molar-refractivity contribution in [2.75, 3.05) is 13.2 Å². The summed E-state index contributed by atoms with van der Waals surface area (Å²) in [6, 6.07) is 0. The first-order valence-electron chi connectivity index (χ1n) is 3.11. The lowest BCUT2D eigenvalue weighted by Crippen LogP contribution is -1.98. The zero-order chi connectivity index (χ0) is 5.98. The third-order valence-corrected chi connectivity index (χ3v) is 1.47. The average molecular weight is 116 g/mol. The van der Waals surface area contributed by atoms with Crippen molar-refractivity contribution in [1.29, 1.82) is 0 Å². The minimum absolute atomic E-state index is 0.296. The van der Waals surface area contributed by atoms with E-state index in [9.17, 15) is 0 Å². The van der Waals surface area contributed by atoms with Crippen molar-refractivity contribution < 1.29 is 9.84 Å². The maximum atomic E-state index is 8.52. The van der Waals surface area contributed by atoms with Gasteiger partial charge in [-0.3, -0.25) is 0 Å². The molecule has 0 bridgehead atoms. The monoisotopic (exact) mass is 116 g/mol. The quantitative estimate of drug-likeness (QED) is 0.578. The van der Waals surface area contributed by atoms with Gasteiger partial charge >= 0.3 is 0 Å². The Morgan fingerprint density at radius 2 is 2.50 bits per heavy atom. The van der Waals surface area contributed by atoms with E-state index in [1.165, 1.54) is 0 Å². The summed E-state index contributed by atoms with van der Waals surface area (Å²) in [5.41, 5.74) is 0. The highest BCUT2D eigenvalue weighted by Gasteiger charge is 2.36. The van der Waals surface area contributed by atoms with Crippen LogP contribution in [0.25, 0.3) is 0 Å². The molecule has 0 aromatic rings. The Kier molecular flexibility index (Phi) is 1.86. The van der Waals surface area contributed by atoms with E-state index in [1.807, 2.05) is 6.92 Å². The molecule has 0 aliphatic heterocycles. The van der Waals surface area contributed by atoms with Crippen molar-refractivity contribution in [2.24, 2.45) is 5.92 Å². The third-order valence-electron chi connectivity index (χ3n) is 1.47. The largest absolute Gasteiger partial charge is 0.396 e. The molecule has 48 valence electrons. The first kappa shape index (κ1) is 6.05. The predicted molar refractivity (Wildman–Crippen MR) is 30.6 cm³/mol. The standard InChI is InChI=1S/C6H12O2/c1-2-8-6-3-5(6)4-7/h5-7H,2-4H2,1H3/t5-,6-/m1/s1. The summed E-state index contributed by atoms with van der Waals surface area (Å²) in [5.74, 6) is 0.454. The molecule has 0 spiro atoms. The third kappa shape index (κ3) is 1.20. The Morgan fingerprint density at radius 1 is 1.75 bits per heavy atom. The maximum absolute atomic E-state index is 8.52. The van der Waals surface area contributed by atoms with Crippen LogP contribution in [0.5, 0.6) is 0 Å². The molecule has 2 heteroatoms. The molecule has 1 saturated carbocycles. The number of aliphatic hydroxyl groups is 1. The Bertz CT molecular complexity index is 72.9. The van der Waals surface area contributed by atoms with Gasteiger partial charge < -0.3 is 9.84 Å². The van der Waals surface area contributed by atoms with Gasteiger partial charge in [-0.05, 0) is 13.3 Å². The van der Waals surface area contributed by atoms with Crippen LogP contribution in [0.1, 0.15) is 13.3 Å². The Balaban J connectivity index is 1.99. The summed E-state index contributed by atoms with van der Waals surface area (Å²) >= 11 is 0. The van der Waals surface area contributed by atoms with Crippen LogP contribution in [0, 0.1) is 5.92 Å². The van der Waals surface area contributed by atoms with E-state index in [0.29, 0.717) is 18.6 Å². The van der Waals surface area contributed by atoms with Crippen LogP contribution >= 0.6 is 0 Å². The number of hydrogen-bond donors (Lipinski definition) is 1. The highest BCUT2D eigenvalue weighted by atomic mass is 16.5. The van der Waals surface area contributed by atoms with Gasteiger partial charge in [0.05, 0.1) is 6.10 Å². The van der Waals surface area contributed by atoms with Crippen molar-refractivity contribution >= 4 is 0 Å². The van der Waals surface area contributed by atoms with Crippen LogP contribution in [0.3, 0.4) is 0 Å². The molecular formula is C6H12O2. The summed E-state index contributed by atoms with van der Waals surface area (Å²) < 4.78 is 5.20. The molecule has 0 aromatic carbocycles. The molecule has 0 heterocycles. The molecule has 2 nitrogen and oxygen atoms in total. The maximum Gasteiger partial charge on any atom is 0.0630 e. The average Bonchev–Trinajstić information content (AvgIpc) is 2.48. The molecule has 1 fully saturated rings. The summed E-state index contributed by atoms with van der Waals surface area (Å²) in [5, 5.41) is 8.52. The van der Waals surface area contributed by atoms with Crippen molar-refractivity contribution in [3.63, 3.8) is 0 Å². The summed E-state index contributed by atoms with van der Waals surface area (Å²) in [6.45, 7) is 3.05. The first-order valence-corrected chi connectivity index (χ1v) is 3.11. The van der Waals surface area contributed by atoms with Crippen LogP contribution in [-0.4, -0.2) is 24.4 Å². The van der Waals surface area contributed by atoms with Crippen LogP contribution < -0.4 is 0 Å². The highest BCUT2D eigenvalue weighted by molar-refractivity contribution is 4.86. The molecular weight excluding hydrogens is 104 g/mol. The predicted octanol–water partition coefficient (Wildman–Crippen LogP) is 0.404. The summed E-state index contributed by atoms with van der Waals surface area (Å²) in [4.78, 5) is 0. The number of ether oxygens (including phenoxy) is 1. The van der Waals surface area contributed by atoms with Gasteiger partial charge in [0.25, 0.3) is 0 Å². The molecule has 2 atom stereocenters. The fourth-order valence-corrected chi connectivity index (χ4v) is 0.830. The minimum Gasteiger partial charge on any atom is -0.396 e. The van der Waals surface area contributed by atoms with Crippen LogP contribution in [0.4, 0.5) is 0 Å². The second-order valence-corrected chi connectivity index (χ2v) is 2.17. The smallest absolute Gasteiger partial charge is 0.0630 e. The van der Waals surface area contributed by atoms with E-state index < -0.39 is 0 Å². The fourth-order valence-electron chi connectivity index (χ4n) is 0.830. The van der Waals surface area contributed by atoms with Gasteiger partial charge in [0, 0.05) is 19.1 Å². The minimum atomic E-state index is 0.296. The van der Waals surface area contributed by atoms with Gasteiger partial charge in [0.1, 0.15) is 0 Å². The molecule has 0 unspecified atom stereocenters. The second-order valence-electron chi connectivity index (χ2n) is 2.17.